The minimum atomic E-state index is -1.70. The van der Waals surface area contributed by atoms with Crippen LogP contribution < -0.4 is 10.9 Å². The van der Waals surface area contributed by atoms with Gasteiger partial charge in [-0.25, -0.2) is 18.2 Å². The van der Waals surface area contributed by atoms with Crippen molar-refractivity contribution in [1.29, 1.82) is 0 Å². The lowest BCUT2D eigenvalue weighted by molar-refractivity contribution is 0.362. The molecule has 0 aliphatic carbocycles. The molecule has 5 nitrogen and oxygen atoms in total. The largest absolute Gasteiger partial charge is 0.354 e. The van der Waals surface area contributed by atoms with Crippen LogP contribution in [0.15, 0.2) is 52.4 Å². The number of aromatic nitrogens is 2. The molecule has 1 aliphatic heterocycles. The average molecular weight is 458 g/mol. The molecule has 172 valence electrons. The summed E-state index contributed by atoms with van der Waals surface area (Å²) in [5.41, 5.74) is -2.17. The topological polar surface area (TPSA) is 59.3 Å². The number of halogens is 4. The molecule has 0 unspecified atom stereocenters. The van der Waals surface area contributed by atoms with E-state index >= 15 is 8.78 Å². The Morgan fingerprint density at radius 2 is 1.76 bits per heavy atom. The van der Waals surface area contributed by atoms with Crippen molar-refractivity contribution in [1.82, 2.24) is 14.9 Å². The SMILES string of the molecule is CCCn1cc(C2=N[C@@H](C)[C@@](c3ccc(F)cc3)(c3c(F)nc(C)c(F)c3F)N2)ccc1=O. The zero-order valence-electron chi connectivity index (χ0n) is 18.3. The van der Waals surface area contributed by atoms with Crippen molar-refractivity contribution in [2.75, 3.05) is 0 Å². The van der Waals surface area contributed by atoms with Gasteiger partial charge in [0, 0.05) is 24.4 Å². The van der Waals surface area contributed by atoms with Gasteiger partial charge in [-0.1, -0.05) is 19.1 Å². The summed E-state index contributed by atoms with van der Waals surface area (Å²) in [5.74, 6) is -4.14. The summed E-state index contributed by atoms with van der Waals surface area (Å²) >= 11 is 0. The molecule has 9 heteroatoms. The zero-order valence-corrected chi connectivity index (χ0v) is 18.3. The zero-order chi connectivity index (χ0) is 23.9. The van der Waals surface area contributed by atoms with Gasteiger partial charge in [-0.2, -0.15) is 4.39 Å². The second-order valence-corrected chi connectivity index (χ2v) is 8.03. The number of nitrogens with one attached hydrogen (secondary N) is 1. The third-order valence-electron chi connectivity index (χ3n) is 5.88. The summed E-state index contributed by atoms with van der Waals surface area (Å²) in [6, 6.07) is 7.13. The molecule has 0 amide bonds. The highest BCUT2D eigenvalue weighted by molar-refractivity contribution is 6.01. The van der Waals surface area contributed by atoms with E-state index in [9.17, 15) is 13.6 Å². The molecule has 0 fully saturated rings. The first kappa shape index (κ1) is 22.7. The van der Waals surface area contributed by atoms with E-state index in [0.717, 1.165) is 18.6 Å². The summed E-state index contributed by atoms with van der Waals surface area (Å²) in [5, 5.41) is 3.07. The van der Waals surface area contributed by atoms with Crippen LogP contribution >= 0.6 is 0 Å². The molecule has 2 aromatic heterocycles. The van der Waals surface area contributed by atoms with Crippen molar-refractivity contribution >= 4 is 5.84 Å². The Bertz CT molecular complexity index is 1300. The van der Waals surface area contributed by atoms with E-state index in [-0.39, 0.29) is 17.0 Å². The van der Waals surface area contributed by atoms with E-state index in [2.05, 4.69) is 15.3 Å². The highest BCUT2D eigenvalue weighted by Crippen LogP contribution is 2.41. The van der Waals surface area contributed by atoms with Crippen molar-refractivity contribution in [3.8, 4) is 0 Å². The van der Waals surface area contributed by atoms with E-state index < -0.39 is 46.2 Å². The molecule has 0 spiro atoms. The third kappa shape index (κ3) is 3.71. The molecule has 33 heavy (non-hydrogen) atoms. The van der Waals surface area contributed by atoms with Crippen molar-refractivity contribution in [2.24, 2.45) is 4.99 Å². The lowest BCUT2D eigenvalue weighted by Gasteiger charge is -2.35. The van der Waals surface area contributed by atoms with Gasteiger partial charge in [-0.3, -0.25) is 9.79 Å². The fourth-order valence-electron chi connectivity index (χ4n) is 4.24. The van der Waals surface area contributed by atoms with Gasteiger partial charge in [0.2, 0.25) is 5.95 Å². The Labute approximate surface area is 187 Å². The molecule has 1 N–H and O–H groups in total. The summed E-state index contributed by atoms with van der Waals surface area (Å²) in [6.45, 7) is 5.19. The van der Waals surface area contributed by atoms with Crippen LogP contribution in [0.2, 0.25) is 0 Å². The van der Waals surface area contributed by atoms with Gasteiger partial charge >= 0.3 is 0 Å². The lowest BCUT2D eigenvalue weighted by atomic mass is 9.78. The number of aryl methyl sites for hydroxylation is 2. The highest BCUT2D eigenvalue weighted by Gasteiger charge is 2.50. The molecule has 0 saturated carbocycles. The Morgan fingerprint density at radius 1 is 1.06 bits per heavy atom. The standard InChI is InChI=1S/C24H22F4N4O/c1-4-11-32-12-15(5-10-18(32)33)23-30-14(3)24(31-23,16-6-8-17(25)9-7-16)19-21(27)20(26)13(2)29-22(19)28/h5-10,12,14H,4,11H2,1-3H3,(H,30,31)/t14-,24+/m0/s1. The Morgan fingerprint density at radius 3 is 2.42 bits per heavy atom. The highest BCUT2D eigenvalue weighted by atomic mass is 19.2. The normalized spacial score (nSPS) is 20.0. The van der Waals surface area contributed by atoms with E-state index in [0.29, 0.717) is 12.1 Å². The minimum absolute atomic E-state index is 0.195. The monoisotopic (exact) mass is 458 g/mol. The van der Waals surface area contributed by atoms with Crippen molar-refractivity contribution in [3.05, 3.63) is 98.7 Å². The van der Waals surface area contributed by atoms with Gasteiger partial charge in [0.25, 0.3) is 5.56 Å². The fraction of sp³-hybridized carbons (Fsp3) is 0.292. The van der Waals surface area contributed by atoms with Crippen LogP contribution in [-0.2, 0) is 12.1 Å². The van der Waals surface area contributed by atoms with Crippen molar-refractivity contribution in [3.63, 3.8) is 0 Å². The van der Waals surface area contributed by atoms with E-state index in [1.807, 2.05) is 6.92 Å². The molecule has 0 bridgehead atoms. The predicted molar refractivity (Wildman–Crippen MR) is 116 cm³/mol. The molecule has 4 rings (SSSR count). The van der Waals surface area contributed by atoms with Crippen molar-refractivity contribution in [2.45, 2.75) is 45.3 Å². The van der Waals surface area contributed by atoms with E-state index in [4.69, 9.17) is 0 Å². The van der Waals surface area contributed by atoms with Gasteiger partial charge in [0.05, 0.1) is 17.3 Å². The fourth-order valence-corrected chi connectivity index (χ4v) is 4.24. The maximum atomic E-state index is 15.2. The van der Waals surface area contributed by atoms with Gasteiger partial charge in [0.1, 0.15) is 17.2 Å². The number of nitrogens with zero attached hydrogens (tertiary/aromatic N) is 3. The van der Waals surface area contributed by atoms with Crippen LogP contribution in [0.4, 0.5) is 17.6 Å². The van der Waals surface area contributed by atoms with Gasteiger partial charge in [-0.05, 0) is 44.0 Å². The van der Waals surface area contributed by atoms with Crippen molar-refractivity contribution < 1.29 is 17.6 Å². The minimum Gasteiger partial charge on any atom is -0.354 e. The third-order valence-corrected chi connectivity index (χ3v) is 5.88. The second-order valence-electron chi connectivity index (χ2n) is 8.03. The number of rotatable bonds is 5. The first-order chi connectivity index (χ1) is 15.7. The van der Waals surface area contributed by atoms with Crippen LogP contribution in [0.3, 0.4) is 0 Å². The summed E-state index contributed by atoms with van der Waals surface area (Å²) in [6.07, 6.45) is 2.33. The number of hydrogen-bond acceptors (Lipinski definition) is 4. The Kier molecular flexibility index (Phi) is 5.82. The number of pyridine rings is 2. The Balaban J connectivity index is 1.92. The molecule has 3 heterocycles. The average Bonchev–Trinajstić information content (AvgIpc) is 3.12. The maximum absolute atomic E-state index is 15.2. The molecular formula is C24H22F4N4O. The molecule has 1 aromatic carbocycles. The first-order valence-corrected chi connectivity index (χ1v) is 10.5. The summed E-state index contributed by atoms with van der Waals surface area (Å²) in [7, 11) is 0. The van der Waals surface area contributed by atoms with E-state index in [1.165, 1.54) is 29.7 Å². The van der Waals surface area contributed by atoms with Crippen LogP contribution in [0.25, 0.3) is 0 Å². The molecule has 3 aromatic rings. The molecule has 0 saturated heterocycles. The molecule has 2 atom stereocenters. The van der Waals surface area contributed by atoms with Crippen LogP contribution in [-0.4, -0.2) is 21.4 Å². The van der Waals surface area contributed by atoms with E-state index in [1.54, 1.807) is 19.2 Å². The molecule has 0 radical (unpaired) electrons. The predicted octanol–water partition coefficient (Wildman–Crippen LogP) is 4.20. The first-order valence-electron chi connectivity index (χ1n) is 10.5. The maximum Gasteiger partial charge on any atom is 0.250 e. The number of benzene rings is 1. The summed E-state index contributed by atoms with van der Waals surface area (Å²) in [4.78, 5) is 20.2. The van der Waals surface area contributed by atoms with Crippen LogP contribution in [0.1, 0.15) is 42.7 Å². The number of aliphatic imine (C=N–C) groups is 1. The number of hydrogen-bond donors (Lipinski definition) is 1. The van der Waals surface area contributed by atoms with Gasteiger partial charge in [-0.15, -0.1) is 0 Å². The Hall–Kier alpha value is -3.49. The van der Waals surface area contributed by atoms with Gasteiger partial charge < -0.3 is 9.88 Å². The van der Waals surface area contributed by atoms with Gasteiger partial charge in [0.15, 0.2) is 11.6 Å². The quantitative estimate of drug-likeness (QED) is 0.461. The van der Waals surface area contributed by atoms with Crippen LogP contribution in [0.5, 0.6) is 0 Å². The summed E-state index contributed by atoms with van der Waals surface area (Å²) < 4.78 is 60.1. The van der Waals surface area contributed by atoms with Crippen LogP contribution in [0, 0.1) is 30.3 Å². The molecular weight excluding hydrogens is 436 g/mol. The lowest BCUT2D eigenvalue weighted by Crippen LogP contribution is -2.49. The number of amidine groups is 1. The molecule has 1 aliphatic rings. The second kappa shape index (κ2) is 8.46. The smallest absolute Gasteiger partial charge is 0.250 e.